The lowest BCUT2D eigenvalue weighted by Crippen LogP contribution is -2.64. The second kappa shape index (κ2) is 9.05. The maximum absolute atomic E-state index is 14.0. The SMILES string of the molecule is CCOC(=O)C1(C(=O)OCC)[C@H]2C(=O)N(c3ccccc3)C(=O)[C@H]2C2c3cc(OC)ccc3CCN21. The Bertz CT molecular complexity index is 1210. The van der Waals surface area contributed by atoms with Crippen molar-refractivity contribution in [1.82, 2.24) is 4.90 Å². The maximum Gasteiger partial charge on any atom is 0.339 e. The zero-order valence-corrected chi connectivity index (χ0v) is 20.4. The first-order valence-electron chi connectivity index (χ1n) is 12.1. The minimum absolute atomic E-state index is 0.00479. The van der Waals surface area contributed by atoms with E-state index in [0.717, 1.165) is 16.0 Å². The van der Waals surface area contributed by atoms with E-state index in [4.69, 9.17) is 14.2 Å². The third kappa shape index (κ3) is 3.19. The number of fused-ring (bicyclic) bond motifs is 5. The van der Waals surface area contributed by atoms with Gasteiger partial charge in [0.2, 0.25) is 17.4 Å². The third-order valence-corrected chi connectivity index (χ3v) is 7.41. The van der Waals surface area contributed by atoms with Gasteiger partial charge in [-0.2, -0.15) is 0 Å². The lowest BCUT2D eigenvalue weighted by Gasteiger charge is -2.42. The van der Waals surface area contributed by atoms with Crippen molar-refractivity contribution in [1.29, 1.82) is 0 Å². The van der Waals surface area contributed by atoms with Gasteiger partial charge in [-0.3, -0.25) is 14.5 Å². The molecule has 2 fully saturated rings. The summed E-state index contributed by atoms with van der Waals surface area (Å²) >= 11 is 0. The van der Waals surface area contributed by atoms with Gasteiger partial charge in [-0.25, -0.2) is 14.5 Å². The van der Waals surface area contributed by atoms with Crippen LogP contribution in [0.15, 0.2) is 48.5 Å². The summed E-state index contributed by atoms with van der Waals surface area (Å²) in [4.78, 5) is 58.3. The summed E-state index contributed by atoms with van der Waals surface area (Å²) in [7, 11) is 1.54. The molecular formula is C27H28N2O7. The maximum atomic E-state index is 14.0. The van der Waals surface area contributed by atoms with Crippen molar-refractivity contribution in [2.45, 2.75) is 31.8 Å². The average molecular weight is 493 g/mol. The predicted octanol–water partition coefficient (Wildman–Crippen LogP) is 2.28. The van der Waals surface area contributed by atoms with E-state index in [1.807, 2.05) is 18.2 Å². The molecule has 3 aliphatic rings. The molecule has 5 rings (SSSR count). The van der Waals surface area contributed by atoms with Crippen molar-refractivity contribution in [2.75, 3.05) is 31.8 Å². The fourth-order valence-electron chi connectivity index (χ4n) is 6.05. The molecule has 0 aliphatic carbocycles. The lowest BCUT2D eigenvalue weighted by atomic mass is 9.78. The largest absolute Gasteiger partial charge is 0.497 e. The smallest absolute Gasteiger partial charge is 0.339 e. The summed E-state index contributed by atoms with van der Waals surface area (Å²) in [6.07, 6.45) is 0.514. The summed E-state index contributed by atoms with van der Waals surface area (Å²) < 4.78 is 16.3. The Morgan fingerprint density at radius 1 is 0.972 bits per heavy atom. The van der Waals surface area contributed by atoms with E-state index in [0.29, 0.717) is 17.9 Å². The first-order chi connectivity index (χ1) is 17.4. The minimum Gasteiger partial charge on any atom is -0.497 e. The van der Waals surface area contributed by atoms with Crippen LogP contribution in [0.2, 0.25) is 0 Å². The number of amides is 2. The molecule has 2 aromatic carbocycles. The molecule has 0 spiro atoms. The number of hydrogen-bond donors (Lipinski definition) is 0. The first kappa shape index (κ1) is 24.0. The van der Waals surface area contributed by atoms with Crippen LogP contribution in [0, 0.1) is 11.8 Å². The molecule has 2 amide bonds. The first-order valence-corrected chi connectivity index (χ1v) is 12.1. The molecule has 9 nitrogen and oxygen atoms in total. The number of benzene rings is 2. The molecule has 0 N–H and O–H groups in total. The lowest BCUT2D eigenvalue weighted by molar-refractivity contribution is -0.178. The standard InChI is InChI=1S/C27H28N2O7/c1-4-35-25(32)27(26(33)36-5-2)21-20(23(30)29(24(21)31)17-9-7-6-8-10-17)22-19-15-18(34-3)12-11-16(19)13-14-28(22)27/h6-12,15,20-22H,4-5,13-14H2,1-3H3/t20-,21-,22?/m1/s1. The number of imide groups is 1. The molecule has 0 radical (unpaired) electrons. The van der Waals surface area contributed by atoms with E-state index in [1.165, 1.54) is 0 Å². The highest BCUT2D eigenvalue weighted by atomic mass is 16.6. The fraction of sp³-hybridized carbons (Fsp3) is 0.407. The molecule has 3 heterocycles. The summed E-state index contributed by atoms with van der Waals surface area (Å²) in [5.74, 6) is -4.53. The van der Waals surface area contributed by atoms with Gasteiger partial charge in [-0.05, 0) is 55.7 Å². The number of anilines is 1. The quantitative estimate of drug-likeness (QED) is 0.344. The van der Waals surface area contributed by atoms with Gasteiger partial charge in [0.1, 0.15) is 5.75 Å². The normalized spacial score (nSPS) is 24.1. The van der Waals surface area contributed by atoms with Crippen LogP contribution in [0.5, 0.6) is 5.75 Å². The Balaban J connectivity index is 1.76. The highest BCUT2D eigenvalue weighted by molar-refractivity contribution is 6.27. The predicted molar refractivity (Wildman–Crippen MR) is 128 cm³/mol. The summed E-state index contributed by atoms with van der Waals surface area (Å²) in [5.41, 5.74) is 0.0230. The van der Waals surface area contributed by atoms with E-state index in [1.54, 1.807) is 56.2 Å². The number of carbonyl (C=O) groups excluding carboxylic acids is 4. The molecule has 0 saturated carbocycles. The molecule has 188 valence electrons. The van der Waals surface area contributed by atoms with Gasteiger partial charge in [-0.15, -0.1) is 0 Å². The number of nitrogens with zero attached hydrogens (tertiary/aromatic N) is 2. The van der Waals surface area contributed by atoms with Crippen molar-refractivity contribution in [3.63, 3.8) is 0 Å². The number of methoxy groups -OCH3 is 1. The second-order valence-corrected chi connectivity index (χ2v) is 9.01. The molecule has 1 unspecified atom stereocenters. The number of para-hydroxylation sites is 1. The summed E-state index contributed by atoms with van der Waals surface area (Å²) in [6.45, 7) is 3.56. The van der Waals surface area contributed by atoms with Gasteiger partial charge in [0.15, 0.2) is 0 Å². The number of hydrogen-bond acceptors (Lipinski definition) is 8. The highest BCUT2D eigenvalue weighted by Gasteiger charge is 2.77. The van der Waals surface area contributed by atoms with Crippen LogP contribution in [-0.2, 0) is 35.1 Å². The van der Waals surface area contributed by atoms with E-state index in [2.05, 4.69) is 0 Å². The Morgan fingerprint density at radius 3 is 2.25 bits per heavy atom. The molecule has 3 atom stereocenters. The van der Waals surface area contributed by atoms with Crippen LogP contribution < -0.4 is 9.64 Å². The molecule has 0 aromatic heterocycles. The Kier molecular flexibility index (Phi) is 6.04. The molecule has 0 bridgehead atoms. The summed E-state index contributed by atoms with van der Waals surface area (Å²) in [5, 5.41) is 0. The van der Waals surface area contributed by atoms with Crippen LogP contribution in [0.4, 0.5) is 5.69 Å². The molecule has 2 saturated heterocycles. The van der Waals surface area contributed by atoms with Crippen LogP contribution in [0.3, 0.4) is 0 Å². The number of ether oxygens (including phenoxy) is 3. The molecule has 2 aromatic rings. The molecule has 9 heteroatoms. The van der Waals surface area contributed by atoms with Gasteiger partial charge >= 0.3 is 11.9 Å². The molecular weight excluding hydrogens is 464 g/mol. The third-order valence-electron chi connectivity index (χ3n) is 7.41. The second-order valence-electron chi connectivity index (χ2n) is 9.01. The Hall–Kier alpha value is -3.72. The van der Waals surface area contributed by atoms with Crippen LogP contribution in [0.1, 0.15) is 31.0 Å². The minimum atomic E-state index is -2.08. The highest BCUT2D eigenvalue weighted by Crippen LogP contribution is 2.58. The van der Waals surface area contributed by atoms with E-state index >= 15 is 0 Å². The Labute approximate surface area is 208 Å². The summed E-state index contributed by atoms with van der Waals surface area (Å²) in [6, 6.07) is 13.4. The van der Waals surface area contributed by atoms with Crippen LogP contribution in [-0.4, -0.2) is 61.1 Å². The average Bonchev–Trinajstić information content (AvgIpc) is 3.35. The van der Waals surface area contributed by atoms with Gasteiger partial charge in [0, 0.05) is 12.6 Å². The molecule has 36 heavy (non-hydrogen) atoms. The monoisotopic (exact) mass is 492 g/mol. The number of esters is 2. The topological polar surface area (TPSA) is 102 Å². The molecule has 3 aliphatic heterocycles. The van der Waals surface area contributed by atoms with Gasteiger partial charge in [0.25, 0.3) is 0 Å². The van der Waals surface area contributed by atoms with Gasteiger partial charge in [-0.1, -0.05) is 24.3 Å². The van der Waals surface area contributed by atoms with Gasteiger partial charge < -0.3 is 14.2 Å². The van der Waals surface area contributed by atoms with E-state index in [-0.39, 0.29) is 19.8 Å². The van der Waals surface area contributed by atoms with Gasteiger partial charge in [0.05, 0.1) is 37.8 Å². The zero-order chi connectivity index (χ0) is 25.6. The number of rotatable bonds is 6. The van der Waals surface area contributed by atoms with Crippen LogP contribution in [0.25, 0.3) is 0 Å². The zero-order valence-electron chi connectivity index (χ0n) is 20.4. The van der Waals surface area contributed by atoms with Crippen LogP contribution >= 0.6 is 0 Å². The number of carbonyl (C=O) groups is 4. The van der Waals surface area contributed by atoms with E-state index in [9.17, 15) is 19.2 Å². The Morgan fingerprint density at radius 2 is 1.64 bits per heavy atom. The van der Waals surface area contributed by atoms with Crippen molar-refractivity contribution >= 4 is 29.4 Å². The van der Waals surface area contributed by atoms with Crippen molar-refractivity contribution in [3.8, 4) is 5.75 Å². The van der Waals surface area contributed by atoms with E-state index < -0.39 is 47.2 Å². The van der Waals surface area contributed by atoms with Crippen molar-refractivity contribution < 1.29 is 33.4 Å². The fourth-order valence-corrected chi connectivity index (χ4v) is 6.05. The van der Waals surface area contributed by atoms with Crippen molar-refractivity contribution in [3.05, 3.63) is 59.7 Å². The van der Waals surface area contributed by atoms with Crippen molar-refractivity contribution in [2.24, 2.45) is 11.8 Å².